The number of rotatable bonds is 6. The SMILES string of the molecule is Cc1ccc(N(c2ccc(-c3ccc(N(C)c4ccccc4)cc3)cc2)c2cccc3ccccc23)cc1. The summed E-state index contributed by atoms with van der Waals surface area (Å²) >= 11 is 0. The van der Waals surface area contributed by atoms with Crippen LogP contribution < -0.4 is 9.80 Å². The smallest absolute Gasteiger partial charge is 0.0540 e. The molecule has 0 aliphatic carbocycles. The van der Waals surface area contributed by atoms with Gasteiger partial charge in [-0.3, -0.25) is 0 Å². The Morgan fingerprint density at radius 1 is 0.421 bits per heavy atom. The molecule has 0 aromatic heterocycles. The van der Waals surface area contributed by atoms with E-state index >= 15 is 0 Å². The van der Waals surface area contributed by atoms with Crippen LogP contribution in [0.2, 0.25) is 0 Å². The molecule has 0 saturated carbocycles. The molecule has 0 saturated heterocycles. The minimum atomic E-state index is 1.13. The number of aryl methyl sites for hydroxylation is 1. The second kappa shape index (κ2) is 10.3. The van der Waals surface area contributed by atoms with Crippen molar-refractivity contribution in [1.29, 1.82) is 0 Å². The molecule has 2 nitrogen and oxygen atoms in total. The minimum absolute atomic E-state index is 1.13. The molecule has 38 heavy (non-hydrogen) atoms. The average Bonchev–Trinajstić information content (AvgIpc) is 2.99. The summed E-state index contributed by atoms with van der Waals surface area (Å²) in [6.45, 7) is 2.13. The van der Waals surface area contributed by atoms with Crippen LogP contribution in [0.1, 0.15) is 5.56 Å². The largest absolute Gasteiger partial charge is 0.345 e. The van der Waals surface area contributed by atoms with Crippen LogP contribution in [0.25, 0.3) is 21.9 Å². The topological polar surface area (TPSA) is 6.48 Å². The highest BCUT2D eigenvalue weighted by molar-refractivity contribution is 5.99. The fourth-order valence-electron chi connectivity index (χ4n) is 5.01. The van der Waals surface area contributed by atoms with E-state index in [4.69, 9.17) is 0 Å². The molecule has 184 valence electrons. The quantitative estimate of drug-likeness (QED) is 0.229. The molecule has 0 radical (unpaired) electrons. The van der Waals surface area contributed by atoms with Gasteiger partial charge in [0, 0.05) is 35.2 Å². The summed E-state index contributed by atoms with van der Waals surface area (Å²) in [6.07, 6.45) is 0. The maximum atomic E-state index is 2.35. The summed E-state index contributed by atoms with van der Waals surface area (Å²) in [7, 11) is 2.10. The number of para-hydroxylation sites is 1. The van der Waals surface area contributed by atoms with Gasteiger partial charge in [-0.05, 0) is 78.0 Å². The van der Waals surface area contributed by atoms with Crippen molar-refractivity contribution < 1.29 is 0 Å². The maximum Gasteiger partial charge on any atom is 0.0540 e. The van der Waals surface area contributed by atoms with E-state index < -0.39 is 0 Å². The molecule has 0 spiro atoms. The van der Waals surface area contributed by atoms with E-state index in [1.54, 1.807) is 0 Å². The van der Waals surface area contributed by atoms with E-state index in [0.717, 1.165) is 17.1 Å². The highest BCUT2D eigenvalue weighted by Crippen LogP contribution is 2.39. The number of fused-ring (bicyclic) bond motifs is 1. The molecular formula is C36H30N2. The van der Waals surface area contributed by atoms with E-state index in [2.05, 4.69) is 163 Å². The van der Waals surface area contributed by atoms with Crippen molar-refractivity contribution in [3.8, 4) is 11.1 Å². The van der Waals surface area contributed by atoms with Crippen LogP contribution in [0.4, 0.5) is 28.4 Å². The van der Waals surface area contributed by atoms with Gasteiger partial charge in [0.1, 0.15) is 0 Å². The normalized spacial score (nSPS) is 10.9. The number of hydrogen-bond acceptors (Lipinski definition) is 2. The lowest BCUT2D eigenvalue weighted by Gasteiger charge is -2.27. The molecule has 2 heteroatoms. The van der Waals surface area contributed by atoms with Gasteiger partial charge in [0.2, 0.25) is 0 Å². The number of anilines is 5. The standard InChI is InChI=1S/C36H30N2/c1-27-15-21-33(22-16-27)38(36-14-8-10-30-9-6-7-13-35(30)36)34-25-19-29(20-26-34)28-17-23-32(24-18-28)37(2)31-11-4-3-5-12-31/h3-26H,1-2H3. The molecule has 6 aromatic rings. The summed E-state index contributed by atoms with van der Waals surface area (Å²) < 4.78 is 0. The number of nitrogens with zero attached hydrogens (tertiary/aromatic N) is 2. The summed E-state index contributed by atoms with van der Waals surface area (Å²) in [4.78, 5) is 4.56. The van der Waals surface area contributed by atoms with E-state index in [1.807, 2.05) is 6.07 Å². The van der Waals surface area contributed by atoms with Crippen molar-refractivity contribution in [2.75, 3.05) is 16.8 Å². The molecule has 0 bridgehead atoms. The Morgan fingerprint density at radius 3 is 1.58 bits per heavy atom. The molecule has 0 aliphatic rings. The van der Waals surface area contributed by atoms with Gasteiger partial charge in [0.25, 0.3) is 0 Å². The molecule has 0 fully saturated rings. The molecular weight excluding hydrogens is 460 g/mol. The van der Waals surface area contributed by atoms with Crippen LogP contribution in [0.5, 0.6) is 0 Å². The van der Waals surface area contributed by atoms with Crippen LogP contribution >= 0.6 is 0 Å². The zero-order valence-electron chi connectivity index (χ0n) is 21.8. The highest BCUT2D eigenvalue weighted by atomic mass is 15.1. The Bertz CT molecular complexity index is 1650. The summed E-state index contributed by atoms with van der Waals surface area (Å²) in [6, 6.07) is 52.0. The molecule has 0 N–H and O–H groups in total. The Kier molecular flexibility index (Phi) is 6.37. The fourth-order valence-corrected chi connectivity index (χ4v) is 5.01. The van der Waals surface area contributed by atoms with Gasteiger partial charge in [-0.1, -0.05) is 96.6 Å². The predicted octanol–water partition coefficient (Wildman–Crippen LogP) is 10.1. The third kappa shape index (κ3) is 4.65. The molecule has 6 rings (SSSR count). The monoisotopic (exact) mass is 490 g/mol. The lowest BCUT2D eigenvalue weighted by molar-refractivity contribution is 1.21. The fraction of sp³-hybridized carbons (Fsp3) is 0.0556. The van der Waals surface area contributed by atoms with Gasteiger partial charge in [0.15, 0.2) is 0 Å². The Morgan fingerprint density at radius 2 is 0.921 bits per heavy atom. The molecule has 6 aromatic carbocycles. The first-order valence-electron chi connectivity index (χ1n) is 13.0. The first-order chi connectivity index (χ1) is 18.7. The van der Waals surface area contributed by atoms with Gasteiger partial charge in [0.05, 0.1) is 5.69 Å². The lowest BCUT2D eigenvalue weighted by atomic mass is 10.0. The van der Waals surface area contributed by atoms with Crippen molar-refractivity contribution in [2.45, 2.75) is 6.92 Å². The predicted molar refractivity (Wildman–Crippen MR) is 163 cm³/mol. The van der Waals surface area contributed by atoms with Crippen molar-refractivity contribution in [2.24, 2.45) is 0 Å². The van der Waals surface area contributed by atoms with Crippen LogP contribution in [-0.4, -0.2) is 7.05 Å². The van der Waals surface area contributed by atoms with Gasteiger partial charge in [-0.25, -0.2) is 0 Å². The van der Waals surface area contributed by atoms with Gasteiger partial charge >= 0.3 is 0 Å². The zero-order chi connectivity index (χ0) is 25.9. The summed E-state index contributed by atoms with van der Waals surface area (Å²) in [5.41, 5.74) is 9.45. The van der Waals surface area contributed by atoms with E-state index in [1.165, 1.54) is 38.8 Å². The second-order valence-electron chi connectivity index (χ2n) is 9.66. The highest BCUT2D eigenvalue weighted by Gasteiger charge is 2.15. The molecule has 0 unspecified atom stereocenters. The van der Waals surface area contributed by atoms with Crippen molar-refractivity contribution in [3.05, 3.63) is 151 Å². The first-order valence-corrected chi connectivity index (χ1v) is 13.0. The van der Waals surface area contributed by atoms with Gasteiger partial charge < -0.3 is 9.80 Å². The summed E-state index contributed by atoms with van der Waals surface area (Å²) in [5, 5.41) is 2.47. The van der Waals surface area contributed by atoms with Crippen LogP contribution in [-0.2, 0) is 0 Å². The second-order valence-corrected chi connectivity index (χ2v) is 9.66. The minimum Gasteiger partial charge on any atom is -0.345 e. The van der Waals surface area contributed by atoms with E-state index in [0.29, 0.717) is 0 Å². The van der Waals surface area contributed by atoms with Crippen molar-refractivity contribution in [3.63, 3.8) is 0 Å². The third-order valence-electron chi connectivity index (χ3n) is 7.16. The number of benzene rings is 6. The first kappa shape index (κ1) is 23.6. The molecule has 0 amide bonds. The maximum absolute atomic E-state index is 2.35. The van der Waals surface area contributed by atoms with Gasteiger partial charge in [-0.2, -0.15) is 0 Å². The zero-order valence-corrected chi connectivity index (χ0v) is 21.8. The summed E-state index contributed by atoms with van der Waals surface area (Å²) in [5.74, 6) is 0. The van der Waals surface area contributed by atoms with Crippen LogP contribution in [0.3, 0.4) is 0 Å². The van der Waals surface area contributed by atoms with Gasteiger partial charge in [-0.15, -0.1) is 0 Å². The average molecular weight is 491 g/mol. The van der Waals surface area contributed by atoms with E-state index in [9.17, 15) is 0 Å². The number of hydrogen-bond donors (Lipinski definition) is 0. The van der Waals surface area contributed by atoms with Crippen LogP contribution in [0.15, 0.2) is 146 Å². The lowest BCUT2D eigenvalue weighted by Crippen LogP contribution is -2.10. The van der Waals surface area contributed by atoms with E-state index in [-0.39, 0.29) is 0 Å². The van der Waals surface area contributed by atoms with Crippen LogP contribution in [0, 0.1) is 6.92 Å². The Labute approximate surface area is 225 Å². The molecule has 0 atom stereocenters. The Hall–Kier alpha value is -4.82. The Balaban J connectivity index is 1.35. The van der Waals surface area contributed by atoms with Crippen molar-refractivity contribution >= 4 is 39.2 Å². The van der Waals surface area contributed by atoms with Crippen molar-refractivity contribution in [1.82, 2.24) is 0 Å². The third-order valence-corrected chi connectivity index (χ3v) is 7.16. The molecule has 0 aliphatic heterocycles. The molecule has 0 heterocycles.